The van der Waals surface area contributed by atoms with E-state index < -0.39 is 14.2 Å². The van der Waals surface area contributed by atoms with Gasteiger partial charge in [-0.05, 0) is 0 Å². The summed E-state index contributed by atoms with van der Waals surface area (Å²) in [5, 5.41) is 0. The molecule has 0 aliphatic heterocycles. The summed E-state index contributed by atoms with van der Waals surface area (Å²) in [6.07, 6.45) is 0. The Hall–Kier alpha value is 0.580. The van der Waals surface area contributed by atoms with E-state index in [1.807, 2.05) is 0 Å². The predicted molar refractivity (Wildman–Crippen MR) is 64.1 cm³/mol. The van der Waals surface area contributed by atoms with Crippen LogP contribution in [0.15, 0.2) is 0 Å². The first-order valence-electron chi connectivity index (χ1n) is 4.05. The first-order chi connectivity index (χ1) is 5.37. The van der Waals surface area contributed by atoms with Crippen molar-refractivity contribution in [1.29, 1.82) is 0 Å². The number of rotatable bonds is 2. The van der Waals surface area contributed by atoms with E-state index in [0.29, 0.717) is 0 Å². The van der Waals surface area contributed by atoms with Crippen LogP contribution in [-0.4, -0.2) is 54.2 Å². The van der Waals surface area contributed by atoms with E-state index >= 15 is 0 Å². The normalized spacial score (nSPS) is 15.2. The third-order valence-corrected chi connectivity index (χ3v) is 3.51. The zero-order valence-electron chi connectivity index (χ0n) is 10.1. The summed E-state index contributed by atoms with van der Waals surface area (Å²) in [5.41, 5.74) is 0. The van der Waals surface area contributed by atoms with Crippen molar-refractivity contribution >= 4 is 14.2 Å². The summed E-state index contributed by atoms with van der Waals surface area (Å²) < 4.78 is 20.1. The molecule has 0 unspecified atom stereocenters. The molecular weight excluding hydrogens is 206 g/mol. The zero-order valence-corrected chi connectivity index (χ0v) is 11.9. The molecule has 0 aromatic heterocycles. The molecule has 0 saturated heterocycles. The molecule has 0 rings (SSSR count). The second kappa shape index (κ2) is 4.89. The molecule has 84 valence electrons. The molecule has 0 radical (unpaired) electrons. The molecule has 0 spiro atoms. The average molecular weight is 230 g/mol. The van der Waals surface area contributed by atoms with Gasteiger partial charge in [0.25, 0.3) is 0 Å². The molecule has 13 heavy (non-hydrogen) atoms. The van der Waals surface area contributed by atoms with Crippen LogP contribution in [-0.2, 0) is 13.6 Å². The SMILES string of the molecule is COP(C)(C)(C)C.COP(C)(C)=O. The molecule has 0 aliphatic carbocycles. The van der Waals surface area contributed by atoms with Crippen molar-refractivity contribution in [1.82, 2.24) is 0 Å². The summed E-state index contributed by atoms with van der Waals surface area (Å²) in [6, 6.07) is 0. The summed E-state index contributed by atoms with van der Waals surface area (Å²) in [5.74, 6) is 0. The van der Waals surface area contributed by atoms with Crippen molar-refractivity contribution in [3.05, 3.63) is 0 Å². The van der Waals surface area contributed by atoms with Gasteiger partial charge in [0.15, 0.2) is 7.37 Å². The fourth-order valence-corrected chi connectivity index (χ4v) is 0. The molecule has 0 atom stereocenters. The molecule has 3 nitrogen and oxygen atoms in total. The van der Waals surface area contributed by atoms with Gasteiger partial charge in [-0.15, -0.1) is 0 Å². The largest absolute Gasteiger partial charge is 0.332 e. The summed E-state index contributed by atoms with van der Waals surface area (Å²) in [6.45, 7) is 10.3. The van der Waals surface area contributed by atoms with E-state index in [9.17, 15) is 4.57 Å². The fourth-order valence-electron chi connectivity index (χ4n) is 0. The van der Waals surface area contributed by atoms with Crippen LogP contribution < -0.4 is 0 Å². The van der Waals surface area contributed by atoms with Crippen LogP contribution in [0.2, 0.25) is 0 Å². The van der Waals surface area contributed by atoms with Crippen LogP contribution in [0.4, 0.5) is 0 Å². The third kappa shape index (κ3) is 24.5. The smallest absolute Gasteiger partial charge is 0.196 e. The maximum Gasteiger partial charge on any atom is 0.196 e. The van der Waals surface area contributed by atoms with Gasteiger partial charge in [0.05, 0.1) is 0 Å². The minimum Gasteiger partial charge on any atom is -0.332 e. The Balaban J connectivity index is 0. The van der Waals surface area contributed by atoms with Crippen molar-refractivity contribution in [2.45, 2.75) is 0 Å². The Morgan fingerprint density at radius 2 is 1.15 bits per heavy atom. The number of hydrogen-bond acceptors (Lipinski definition) is 3. The van der Waals surface area contributed by atoms with E-state index in [2.05, 4.69) is 31.2 Å². The quantitative estimate of drug-likeness (QED) is 0.684. The minimum absolute atomic E-state index is 1.45. The third-order valence-electron chi connectivity index (χ3n) is 1.17. The van der Waals surface area contributed by atoms with Crippen LogP contribution in [0.5, 0.6) is 0 Å². The molecule has 0 aromatic rings. The zero-order chi connectivity index (χ0) is 11.4. The van der Waals surface area contributed by atoms with Crippen molar-refractivity contribution < 1.29 is 13.6 Å². The Morgan fingerprint density at radius 1 is 1.00 bits per heavy atom. The second-order valence-corrected chi connectivity index (χ2v) is 15.1. The molecule has 0 bridgehead atoms. The van der Waals surface area contributed by atoms with E-state index in [-0.39, 0.29) is 0 Å². The van der Waals surface area contributed by atoms with Gasteiger partial charge < -0.3 is 4.52 Å². The van der Waals surface area contributed by atoms with Crippen LogP contribution in [0.25, 0.3) is 0 Å². The average Bonchev–Trinajstić information content (AvgIpc) is 1.85. The van der Waals surface area contributed by atoms with Gasteiger partial charge in [-0.25, -0.2) is 0 Å². The predicted octanol–water partition coefficient (Wildman–Crippen LogP) is 2.79. The molecule has 0 saturated carbocycles. The fraction of sp³-hybridized carbons (Fsp3) is 1.00. The van der Waals surface area contributed by atoms with E-state index in [0.717, 1.165) is 0 Å². The molecule has 0 amide bonds. The monoisotopic (exact) mass is 230 g/mol. The molecule has 0 fully saturated rings. The topological polar surface area (TPSA) is 35.5 Å². The molecule has 0 N–H and O–H groups in total. The molecular formula is C8H24O3P2. The Labute approximate surface area is 82.7 Å². The Bertz CT molecular complexity index is 178. The van der Waals surface area contributed by atoms with Gasteiger partial charge in [-0.3, -0.25) is 4.57 Å². The van der Waals surface area contributed by atoms with Crippen molar-refractivity contribution in [2.75, 3.05) is 54.2 Å². The van der Waals surface area contributed by atoms with Crippen LogP contribution >= 0.6 is 14.2 Å². The summed E-state index contributed by atoms with van der Waals surface area (Å²) in [4.78, 5) is 0. The first-order valence-corrected chi connectivity index (χ1v) is 10.5. The van der Waals surface area contributed by atoms with Gasteiger partial charge in [-0.2, -0.15) is 0 Å². The van der Waals surface area contributed by atoms with Gasteiger partial charge in [-0.1, -0.05) is 0 Å². The van der Waals surface area contributed by atoms with Gasteiger partial charge >= 0.3 is 45.1 Å². The molecule has 0 aromatic carbocycles. The van der Waals surface area contributed by atoms with E-state index in [1.54, 1.807) is 20.4 Å². The van der Waals surface area contributed by atoms with Crippen molar-refractivity contribution in [2.24, 2.45) is 0 Å². The standard InChI is InChI=1S/C5H15OP.C3H9O2P/c1-6-7(2,3,4)5;1-5-6(2,3)4/h1-5H3;1-3H3. The minimum atomic E-state index is -2.15. The van der Waals surface area contributed by atoms with Crippen LogP contribution in [0.3, 0.4) is 0 Å². The van der Waals surface area contributed by atoms with E-state index in [4.69, 9.17) is 4.52 Å². The van der Waals surface area contributed by atoms with E-state index in [1.165, 1.54) is 7.11 Å². The van der Waals surface area contributed by atoms with Crippen molar-refractivity contribution in [3.8, 4) is 0 Å². The first kappa shape index (κ1) is 16.0. The van der Waals surface area contributed by atoms with Gasteiger partial charge in [0, 0.05) is 20.4 Å². The summed E-state index contributed by atoms with van der Waals surface area (Å²) >= 11 is 0. The van der Waals surface area contributed by atoms with Crippen molar-refractivity contribution in [3.63, 3.8) is 0 Å². The van der Waals surface area contributed by atoms with Crippen LogP contribution in [0, 0.1) is 0 Å². The molecule has 0 heterocycles. The maximum atomic E-state index is 10.4. The van der Waals surface area contributed by atoms with Gasteiger partial charge in [0.1, 0.15) is 0 Å². The number of hydrogen-bond donors (Lipinski definition) is 0. The second-order valence-electron chi connectivity index (χ2n) is 5.03. The Kier molecular flexibility index (Phi) is 6.02. The summed E-state index contributed by atoms with van der Waals surface area (Å²) in [7, 11) is 1.07. The van der Waals surface area contributed by atoms with Gasteiger partial charge in [0.2, 0.25) is 0 Å². The maximum absolute atomic E-state index is 10.4. The molecule has 5 heteroatoms. The Morgan fingerprint density at radius 3 is 1.15 bits per heavy atom. The molecule has 0 aliphatic rings. The van der Waals surface area contributed by atoms with Crippen LogP contribution in [0.1, 0.15) is 0 Å².